The fourth-order valence-corrected chi connectivity index (χ4v) is 2.59. The lowest BCUT2D eigenvalue weighted by atomic mass is 10.2. The summed E-state index contributed by atoms with van der Waals surface area (Å²) in [5.74, 6) is -0.458. The summed E-state index contributed by atoms with van der Waals surface area (Å²) < 4.78 is 5.61. The number of ether oxygens (including phenoxy) is 1. The Hall–Kier alpha value is -2.06. The van der Waals surface area contributed by atoms with Crippen LogP contribution in [0.3, 0.4) is 0 Å². The van der Waals surface area contributed by atoms with Crippen molar-refractivity contribution in [3.05, 3.63) is 39.9 Å². The van der Waals surface area contributed by atoms with Crippen LogP contribution in [-0.4, -0.2) is 46.1 Å². The third-order valence-electron chi connectivity index (χ3n) is 3.25. The van der Waals surface area contributed by atoms with E-state index >= 15 is 0 Å². The van der Waals surface area contributed by atoms with Crippen LogP contribution in [0.15, 0.2) is 24.3 Å². The highest BCUT2D eigenvalue weighted by Gasteiger charge is 2.25. The number of carbonyl (C=O) groups excluding carboxylic acids is 1. The number of hydrogen-bond acceptors (Lipinski definition) is 5. The minimum atomic E-state index is -0.541. The number of amides is 1. The smallest absolute Gasteiger partial charge is 0.270 e. The summed E-state index contributed by atoms with van der Waals surface area (Å²) in [4.78, 5) is 24.2. The number of hydrogen-bond donors (Lipinski definition) is 1. The fraction of sp³-hybridized carbons (Fsp3) is 0.429. The second-order valence-electron chi connectivity index (χ2n) is 5.23. The van der Waals surface area contributed by atoms with Crippen molar-refractivity contribution >= 4 is 28.9 Å². The molecule has 1 aromatic carbocycles. The molecule has 2 atom stereocenters. The topological polar surface area (TPSA) is 84.7 Å². The van der Waals surface area contributed by atoms with E-state index in [0.29, 0.717) is 18.2 Å². The third-order valence-corrected chi connectivity index (χ3v) is 3.61. The zero-order valence-corrected chi connectivity index (χ0v) is 13.1. The molecule has 0 bridgehead atoms. The van der Waals surface area contributed by atoms with Gasteiger partial charge in [0.2, 0.25) is 0 Å². The van der Waals surface area contributed by atoms with E-state index in [4.69, 9.17) is 17.0 Å². The highest BCUT2D eigenvalue weighted by molar-refractivity contribution is 7.80. The highest BCUT2D eigenvalue weighted by atomic mass is 32.1. The number of nitro groups is 1. The van der Waals surface area contributed by atoms with E-state index in [0.717, 1.165) is 0 Å². The third kappa shape index (κ3) is 3.99. The average molecular weight is 323 g/mol. The van der Waals surface area contributed by atoms with Crippen LogP contribution >= 0.6 is 12.2 Å². The molecule has 118 valence electrons. The van der Waals surface area contributed by atoms with E-state index in [1.54, 1.807) is 0 Å². The molecule has 1 fully saturated rings. The van der Waals surface area contributed by atoms with Crippen LogP contribution in [0.4, 0.5) is 5.69 Å². The standard InChI is InChI=1S/C14H17N3O4S/c1-9-7-16(8-10(2)21-9)14(22)15-13(18)11-4-3-5-12(6-11)17(19)20/h3-6,9-10H,7-8H2,1-2H3,(H,15,18,22)/t9-,10-/m1/s1. The maximum atomic E-state index is 12.2. The minimum Gasteiger partial charge on any atom is -0.372 e. The molecular weight excluding hydrogens is 306 g/mol. The summed E-state index contributed by atoms with van der Waals surface area (Å²) in [7, 11) is 0. The molecule has 1 saturated heterocycles. The van der Waals surface area contributed by atoms with E-state index in [2.05, 4.69) is 5.32 Å². The number of nitro benzene ring substituents is 1. The maximum Gasteiger partial charge on any atom is 0.270 e. The second kappa shape index (κ2) is 6.80. The summed E-state index contributed by atoms with van der Waals surface area (Å²) >= 11 is 5.25. The number of non-ortho nitro benzene ring substituents is 1. The van der Waals surface area contributed by atoms with Gasteiger partial charge in [0.25, 0.3) is 11.6 Å². The van der Waals surface area contributed by atoms with Crippen LogP contribution in [0.5, 0.6) is 0 Å². The normalized spacial score (nSPS) is 21.3. The number of thiocarbonyl (C=S) groups is 1. The Balaban J connectivity index is 2.03. The number of rotatable bonds is 2. The Labute approximate surface area is 133 Å². The summed E-state index contributed by atoms with van der Waals surface area (Å²) in [6, 6.07) is 5.54. The first-order chi connectivity index (χ1) is 10.4. The molecule has 1 N–H and O–H groups in total. The van der Waals surface area contributed by atoms with Crippen molar-refractivity contribution in [1.29, 1.82) is 0 Å². The predicted molar refractivity (Wildman–Crippen MR) is 84.7 cm³/mol. The van der Waals surface area contributed by atoms with Crippen LogP contribution in [0, 0.1) is 10.1 Å². The number of nitrogens with one attached hydrogen (secondary N) is 1. The summed E-state index contributed by atoms with van der Waals surface area (Å²) in [6.45, 7) is 5.07. The van der Waals surface area contributed by atoms with Gasteiger partial charge in [0.15, 0.2) is 5.11 Å². The second-order valence-corrected chi connectivity index (χ2v) is 5.62. The Morgan fingerprint density at radius 1 is 1.41 bits per heavy atom. The molecule has 0 saturated carbocycles. The van der Waals surface area contributed by atoms with E-state index in [1.807, 2.05) is 18.7 Å². The van der Waals surface area contributed by atoms with Crippen molar-refractivity contribution < 1.29 is 14.5 Å². The lowest BCUT2D eigenvalue weighted by Crippen LogP contribution is -2.52. The molecule has 1 aliphatic rings. The van der Waals surface area contributed by atoms with Gasteiger partial charge in [0.1, 0.15) is 0 Å². The van der Waals surface area contributed by atoms with Crippen molar-refractivity contribution in [2.75, 3.05) is 13.1 Å². The summed E-state index contributed by atoms with van der Waals surface area (Å²) in [6.07, 6.45) is 0.0489. The first-order valence-corrected chi connectivity index (χ1v) is 7.28. The van der Waals surface area contributed by atoms with E-state index in [-0.39, 0.29) is 23.5 Å². The quantitative estimate of drug-likeness (QED) is 0.507. The van der Waals surface area contributed by atoms with Gasteiger partial charge in [-0.3, -0.25) is 20.2 Å². The molecule has 2 rings (SSSR count). The van der Waals surface area contributed by atoms with Crippen LogP contribution in [0.1, 0.15) is 24.2 Å². The van der Waals surface area contributed by atoms with Crippen molar-refractivity contribution in [2.24, 2.45) is 0 Å². The van der Waals surface area contributed by atoms with Crippen molar-refractivity contribution in [1.82, 2.24) is 10.2 Å². The summed E-state index contributed by atoms with van der Waals surface area (Å²) in [5.41, 5.74) is 0.0677. The molecular formula is C14H17N3O4S. The van der Waals surface area contributed by atoms with Crippen molar-refractivity contribution in [2.45, 2.75) is 26.1 Å². The number of morpholine rings is 1. The average Bonchev–Trinajstić information content (AvgIpc) is 2.46. The Kier molecular flexibility index (Phi) is 5.04. The number of carbonyl (C=O) groups is 1. The molecule has 1 amide bonds. The first-order valence-electron chi connectivity index (χ1n) is 6.87. The van der Waals surface area contributed by atoms with Gasteiger partial charge in [-0.2, -0.15) is 0 Å². The molecule has 7 nitrogen and oxygen atoms in total. The number of nitrogens with zero attached hydrogens (tertiary/aromatic N) is 2. The van der Waals surface area contributed by atoms with Gasteiger partial charge in [0.05, 0.1) is 17.1 Å². The van der Waals surface area contributed by atoms with Crippen molar-refractivity contribution in [3.8, 4) is 0 Å². The summed E-state index contributed by atoms with van der Waals surface area (Å²) in [5, 5.41) is 13.7. The zero-order valence-electron chi connectivity index (χ0n) is 12.3. The molecule has 0 unspecified atom stereocenters. The molecule has 0 spiro atoms. The molecule has 1 heterocycles. The predicted octanol–water partition coefficient (Wildman–Crippen LogP) is 1.72. The Bertz CT molecular complexity index is 598. The van der Waals surface area contributed by atoms with Crippen LogP contribution < -0.4 is 5.32 Å². The minimum absolute atomic E-state index is 0.0245. The molecule has 0 aliphatic carbocycles. The monoisotopic (exact) mass is 323 g/mol. The Morgan fingerprint density at radius 3 is 2.64 bits per heavy atom. The first kappa shape index (κ1) is 16.3. The Morgan fingerprint density at radius 2 is 2.05 bits per heavy atom. The van der Waals surface area contributed by atoms with Crippen molar-refractivity contribution in [3.63, 3.8) is 0 Å². The highest BCUT2D eigenvalue weighted by Crippen LogP contribution is 2.14. The van der Waals surface area contributed by atoms with Gasteiger partial charge in [-0.15, -0.1) is 0 Å². The van der Waals surface area contributed by atoms with Crippen LogP contribution in [0.2, 0.25) is 0 Å². The van der Waals surface area contributed by atoms with Gasteiger partial charge in [-0.25, -0.2) is 0 Å². The van der Waals surface area contributed by atoms with Gasteiger partial charge in [-0.1, -0.05) is 6.07 Å². The van der Waals surface area contributed by atoms with Crippen LogP contribution in [0.25, 0.3) is 0 Å². The van der Waals surface area contributed by atoms with Gasteiger partial charge in [-0.05, 0) is 32.1 Å². The zero-order chi connectivity index (χ0) is 16.3. The van der Waals surface area contributed by atoms with Gasteiger partial charge in [0, 0.05) is 30.8 Å². The van der Waals surface area contributed by atoms with Crippen LogP contribution in [-0.2, 0) is 4.74 Å². The van der Waals surface area contributed by atoms with Gasteiger partial charge < -0.3 is 9.64 Å². The van der Waals surface area contributed by atoms with E-state index < -0.39 is 10.8 Å². The molecule has 8 heteroatoms. The van der Waals surface area contributed by atoms with E-state index in [9.17, 15) is 14.9 Å². The molecule has 0 aromatic heterocycles. The SMILES string of the molecule is C[C@@H]1CN(C(=S)NC(=O)c2cccc([N+](=O)[O-])c2)C[C@@H](C)O1. The molecule has 0 radical (unpaired) electrons. The fourth-order valence-electron chi connectivity index (χ4n) is 2.35. The largest absolute Gasteiger partial charge is 0.372 e. The lowest BCUT2D eigenvalue weighted by Gasteiger charge is -2.36. The maximum absolute atomic E-state index is 12.2. The molecule has 1 aliphatic heterocycles. The van der Waals surface area contributed by atoms with E-state index in [1.165, 1.54) is 24.3 Å². The van der Waals surface area contributed by atoms with Gasteiger partial charge >= 0.3 is 0 Å². The molecule has 1 aromatic rings. The lowest BCUT2D eigenvalue weighted by molar-refractivity contribution is -0.384. The molecule has 22 heavy (non-hydrogen) atoms. The number of benzene rings is 1.